The lowest BCUT2D eigenvalue weighted by Crippen LogP contribution is -2.57. The lowest BCUT2D eigenvalue weighted by Gasteiger charge is -2.59. The predicted molar refractivity (Wildman–Crippen MR) is 133 cm³/mol. The summed E-state index contributed by atoms with van der Waals surface area (Å²) in [6.45, 7) is 8.68. The maximum Gasteiger partial charge on any atom is 0.341 e. The highest BCUT2D eigenvalue weighted by atomic mass is 32.1. The molecule has 5 nitrogen and oxygen atoms in total. The molecule has 0 saturated heterocycles. The molecule has 4 bridgehead atoms. The third kappa shape index (κ3) is 4.38. The summed E-state index contributed by atoms with van der Waals surface area (Å²) in [6, 6.07) is 0.0228. The Kier molecular flexibility index (Phi) is 6.36. The van der Waals surface area contributed by atoms with E-state index >= 15 is 0 Å². The number of carbonyl (C=O) groups is 2. The van der Waals surface area contributed by atoms with Crippen LogP contribution in [0.5, 0.6) is 0 Å². The standard InChI is InChI=1S/C27H40N2O3S/c1-5-32-26(31)23-21-7-6-15(2)8-22(21)33-25(23)29-24(30)16(3)28-17(4)27-12-18-9-19(13-27)11-20(10-18)14-27/h15-20,28H,5-14H2,1-4H3,(H,29,30)/t15-,16-,17-,18?,19?,20?,27?/m0/s1. The maximum atomic E-state index is 13.3. The second-order valence-electron chi connectivity index (χ2n) is 11.7. The molecule has 1 aromatic heterocycles. The van der Waals surface area contributed by atoms with Crippen molar-refractivity contribution >= 4 is 28.2 Å². The van der Waals surface area contributed by atoms with Crippen molar-refractivity contribution in [2.75, 3.05) is 11.9 Å². The van der Waals surface area contributed by atoms with Crippen molar-refractivity contribution in [1.82, 2.24) is 5.32 Å². The molecule has 0 aromatic carbocycles. The summed E-state index contributed by atoms with van der Waals surface area (Å²) < 4.78 is 5.37. The van der Waals surface area contributed by atoms with E-state index in [2.05, 4.69) is 24.5 Å². The number of ether oxygens (including phenoxy) is 1. The summed E-state index contributed by atoms with van der Waals surface area (Å²) in [5, 5.41) is 7.47. The molecule has 4 fully saturated rings. The van der Waals surface area contributed by atoms with Gasteiger partial charge in [-0.3, -0.25) is 4.79 Å². The van der Waals surface area contributed by atoms with Crippen LogP contribution in [0.3, 0.4) is 0 Å². The molecule has 0 aliphatic heterocycles. The highest BCUT2D eigenvalue weighted by molar-refractivity contribution is 7.17. The van der Waals surface area contributed by atoms with Crippen molar-refractivity contribution in [3.8, 4) is 0 Å². The fourth-order valence-corrected chi connectivity index (χ4v) is 9.22. The van der Waals surface area contributed by atoms with Crippen LogP contribution in [-0.4, -0.2) is 30.6 Å². The van der Waals surface area contributed by atoms with Crippen LogP contribution in [0.1, 0.15) is 93.4 Å². The smallest absolute Gasteiger partial charge is 0.341 e. The summed E-state index contributed by atoms with van der Waals surface area (Å²) in [4.78, 5) is 27.3. The Balaban J connectivity index is 1.29. The zero-order valence-electron chi connectivity index (χ0n) is 20.7. The van der Waals surface area contributed by atoms with Gasteiger partial charge in [-0.25, -0.2) is 4.79 Å². The lowest BCUT2D eigenvalue weighted by molar-refractivity contribution is -0.119. The van der Waals surface area contributed by atoms with Crippen molar-refractivity contribution in [3.05, 3.63) is 16.0 Å². The quantitative estimate of drug-likeness (QED) is 0.509. The summed E-state index contributed by atoms with van der Waals surface area (Å²) in [5.41, 5.74) is 2.05. The van der Waals surface area contributed by atoms with Crippen LogP contribution in [0.25, 0.3) is 0 Å². The highest BCUT2D eigenvalue weighted by Gasteiger charge is 2.53. The number of carbonyl (C=O) groups excluding carboxylic acids is 2. The molecule has 5 aliphatic rings. The average molecular weight is 473 g/mol. The van der Waals surface area contributed by atoms with Crippen molar-refractivity contribution in [1.29, 1.82) is 0 Å². The monoisotopic (exact) mass is 472 g/mol. The molecule has 6 heteroatoms. The van der Waals surface area contributed by atoms with Gasteiger partial charge in [0, 0.05) is 10.9 Å². The number of rotatable bonds is 7. The van der Waals surface area contributed by atoms with Gasteiger partial charge >= 0.3 is 5.97 Å². The zero-order valence-corrected chi connectivity index (χ0v) is 21.5. The number of hydrogen-bond acceptors (Lipinski definition) is 5. The van der Waals surface area contributed by atoms with Crippen LogP contribution in [-0.2, 0) is 22.4 Å². The van der Waals surface area contributed by atoms with Gasteiger partial charge in [0.05, 0.1) is 18.2 Å². The van der Waals surface area contributed by atoms with Gasteiger partial charge in [0.15, 0.2) is 0 Å². The van der Waals surface area contributed by atoms with E-state index in [4.69, 9.17) is 4.74 Å². The van der Waals surface area contributed by atoms with Crippen molar-refractivity contribution < 1.29 is 14.3 Å². The largest absolute Gasteiger partial charge is 0.462 e. The van der Waals surface area contributed by atoms with E-state index in [1.54, 1.807) is 11.3 Å². The Morgan fingerprint density at radius 2 is 1.76 bits per heavy atom. The first-order chi connectivity index (χ1) is 15.8. The minimum absolute atomic E-state index is 0.0521. The van der Waals surface area contributed by atoms with Gasteiger partial charge in [-0.1, -0.05) is 6.92 Å². The van der Waals surface area contributed by atoms with Crippen LogP contribution >= 0.6 is 11.3 Å². The maximum absolute atomic E-state index is 13.3. The number of amides is 1. The van der Waals surface area contributed by atoms with Gasteiger partial charge in [0.2, 0.25) is 5.91 Å². The summed E-state index contributed by atoms with van der Waals surface area (Å²) >= 11 is 1.57. The number of nitrogens with one attached hydrogen (secondary N) is 2. The molecule has 4 saturated carbocycles. The van der Waals surface area contributed by atoms with Gasteiger partial charge in [0.1, 0.15) is 5.00 Å². The minimum atomic E-state index is -0.305. The van der Waals surface area contributed by atoms with E-state index < -0.39 is 0 Å². The van der Waals surface area contributed by atoms with Crippen LogP contribution in [0, 0.1) is 29.1 Å². The average Bonchev–Trinajstić information content (AvgIpc) is 3.09. The molecule has 3 atom stereocenters. The third-order valence-corrected chi connectivity index (χ3v) is 10.3. The van der Waals surface area contributed by atoms with E-state index in [9.17, 15) is 9.59 Å². The second kappa shape index (κ2) is 8.99. The van der Waals surface area contributed by atoms with E-state index in [0.717, 1.165) is 42.6 Å². The van der Waals surface area contributed by atoms with Gasteiger partial charge in [-0.2, -0.15) is 0 Å². The third-order valence-electron chi connectivity index (χ3n) is 9.13. The van der Waals surface area contributed by atoms with Crippen LogP contribution < -0.4 is 10.6 Å². The summed E-state index contributed by atoms with van der Waals surface area (Å²) in [7, 11) is 0. The molecule has 1 heterocycles. The summed E-state index contributed by atoms with van der Waals surface area (Å²) in [6.07, 6.45) is 11.2. The first-order valence-electron chi connectivity index (χ1n) is 13.2. The molecule has 1 aromatic rings. The number of esters is 1. The molecule has 182 valence electrons. The second-order valence-corrected chi connectivity index (χ2v) is 12.8. The SMILES string of the molecule is CCOC(=O)c1c(NC(=O)[C@H](C)N[C@@H](C)C23CC4CC(CC(C4)C2)C3)sc2c1CC[C@H](C)C2. The Bertz CT molecular complexity index is 887. The number of thiophene rings is 1. The Morgan fingerprint density at radius 3 is 2.36 bits per heavy atom. The van der Waals surface area contributed by atoms with E-state index in [1.807, 2.05) is 13.8 Å². The molecule has 33 heavy (non-hydrogen) atoms. The topological polar surface area (TPSA) is 67.4 Å². The Morgan fingerprint density at radius 1 is 1.12 bits per heavy atom. The predicted octanol–water partition coefficient (Wildman–Crippen LogP) is 5.57. The van der Waals surface area contributed by atoms with Crippen LogP contribution in [0.4, 0.5) is 5.00 Å². The molecule has 1 amide bonds. The first-order valence-corrected chi connectivity index (χ1v) is 14.0. The van der Waals surface area contributed by atoms with E-state index in [0.29, 0.717) is 34.5 Å². The first kappa shape index (κ1) is 23.3. The van der Waals surface area contributed by atoms with Crippen LogP contribution in [0.2, 0.25) is 0 Å². The Labute approximate surface area is 202 Å². The number of hydrogen-bond donors (Lipinski definition) is 2. The zero-order chi connectivity index (χ0) is 23.3. The molecule has 0 unspecified atom stereocenters. The van der Waals surface area contributed by atoms with E-state index in [1.165, 1.54) is 43.4 Å². The highest BCUT2D eigenvalue weighted by Crippen LogP contribution is 2.61. The van der Waals surface area contributed by atoms with Crippen molar-refractivity contribution in [2.24, 2.45) is 29.1 Å². The molecule has 5 aliphatic carbocycles. The molecule has 2 N–H and O–H groups in total. The molecule has 0 radical (unpaired) electrons. The van der Waals surface area contributed by atoms with Crippen molar-refractivity contribution in [2.45, 2.75) is 97.6 Å². The van der Waals surface area contributed by atoms with E-state index in [-0.39, 0.29) is 17.9 Å². The number of anilines is 1. The van der Waals surface area contributed by atoms with Gasteiger partial charge in [-0.05, 0) is 113 Å². The normalized spacial score (nSPS) is 33.9. The fourth-order valence-electron chi connectivity index (χ4n) is 7.81. The van der Waals surface area contributed by atoms with Crippen molar-refractivity contribution in [3.63, 3.8) is 0 Å². The molecular formula is C27H40N2O3S. The van der Waals surface area contributed by atoms with Gasteiger partial charge in [0.25, 0.3) is 0 Å². The lowest BCUT2D eigenvalue weighted by atomic mass is 9.48. The molecule has 0 spiro atoms. The molecule has 6 rings (SSSR count). The molecular weight excluding hydrogens is 432 g/mol. The minimum Gasteiger partial charge on any atom is -0.462 e. The summed E-state index contributed by atoms with van der Waals surface area (Å²) in [5.74, 6) is 2.95. The van der Waals surface area contributed by atoms with Gasteiger partial charge in [-0.15, -0.1) is 11.3 Å². The Hall–Kier alpha value is -1.40. The fraction of sp³-hybridized carbons (Fsp3) is 0.778. The van der Waals surface area contributed by atoms with Gasteiger partial charge < -0.3 is 15.4 Å². The van der Waals surface area contributed by atoms with Crippen LogP contribution in [0.15, 0.2) is 0 Å². The number of fused-ring (bicyclic) bond motifs is 1.